The average Bonchev–Trinajstić information content (AvgIpc) is 2.93. The molecular formula is C13H16N6. The molecule has 98 valence electrons. The Hall–Kier alpha value is -2.37. The first kappa shape index (κ1) is 11.7. The molecule has 0 radical (unpaired) electrons. The normalized spacial score (nSPS) is 13.0. The van der Waals surface area contributed by atoms with E-state index in [1.165, 1.54) is 0 Å². The van der Waals surface area contributed by atoms with Crippen LogP contribution in [0.2, 0.25) is 0 Å². The Morgan fingerprint density at radius 2 is 2.11 bits per heavy atom. The summed E-state index contributed by atoms with van der Waals surface area (Å²) in [6, 6.07) is 6.06. The zero-order chi connectivity index (χ0) is 13.6. The van der Waals surface area contributed by atoms with Crippen LogP contribution in [0.5, 0.6) is 0 Å². The number of aryl methyl sites for hydroxylation is 2. The molecule has 0 aliphatic rings. The maximum atomic E-state index is 6.07. The molecule has 6 heteroatoms. The van der Waals surface area contributed by atoms with E-state index in [0.717, 1.165) is 22.4 Å². The summed E-state index contributed by atoms with van der Waals surface area (Å²) in [5.74, 6) is 1.35. The lowest BCUT2D eigenvalue weighted by atomic mass is 10.2. The molecule has 6 nitrogen and oxygen atoms in total. The first-order valence-corrected chi connectivity index (χ1v) is 6.16. The van der Waals surface area contributed by atoms with Gasteiger partial charge in [-0.25, -0.2) is 4.98 Å². The van der Waals surface area contributed by atoms with Crippen LogP contribution in [-0.4, -0.2) is 24.3 Å². The number of hydrogen-bond acceptors (Lipinski definition) is 4. The Bertz CT molecular complexity index is 739. The summed E-state index contributed by atoms with van der Waals surface area (Å²) in [5, 5.41) is 8.07. The van der Waals surface area contributed by atoms with Gasteiger partial charge >= 0.3 is 0 Å². The first-order chi connectivity index (χ1) is 9.09. The van der Waals surface area contributed by atoms with Gasteiger partial charge < -0.3 is 10.3 Å². The van der Waals surface area contributed by atoms with E-state index in [1.807, 2.05) is 48.2 Å². The molecule has 2 heterocycles. The molecule has 1 aromatic carbocycles. The molecule has 2 N–H and O–H groups in total. The fraction of sp³-hybridized carbons (Fsp3) is 0.308. The number of nitrogen functional groups attached to an aromatic ring is 1. The molecule has 3 aromatic rings. The van der Waals surface area contributed by atoms with Gasteiger partial charge in [0, 0.05) is 7.05 Å². The number of aromatic nitrogens is 5. The second-order valence-electron chi connectivity index (χ2n) is 4.76. The van der Waals surface area contributed by atoms with Crippen LogP contribution in [0.3, 0.4) is 0 Å². The predicted molar refractivity (Wildman–Crippen MR) is 73.7 cm³/mol. The van der Waals surface area contributed by atoms with Gasteiger partial charge in [-0.2, -0.15) is 0 Å². The summed E-state index contributed by atoms with van der Waals surface area (Å²) in [4.78, 5) is 4.46. The van der Waals surface area contributed by atoms with Crippen molar-refractivity contribution in [1.82, 2.24) is 24.3 Å². The van der Waals surface area contributed by atoms with Gasteiger partial charge in [-0.1, -0.05) is 12.1 Å². The topological polar surface area (TPSA) is 74.6 Å². The number of rotatable bonds is 2. The van der Waals surface area contributed by atoms with Gasteiger partial charge in [-0.15, -0.1) is 10.2 Å². The maximum absolute atomic E-state index is 6.07. The van der Waals surface area contributed by atoms with Crippen molar-refractivity contribution in [2.75, 3.05) is 5.73 Å². The third-order valence-electron chi connectivity index (χ3n) is 3.46. The summed E-state index contributed by atoms with van der Waals surface area (Å²) in [7, 11) is 1.92. The van der Waals surface area contributed by atoms with Gasteiger partial charge in [0.05, 0.1) is 17.1 Å². The van der Waals surface area contributed by atoms with E-state index in [9.17, 15) is 0 Å². The number of anilines is 1. The molecule has 0 bridgehead atoms. The van der Waals surface area contributed by atoms with Crippen molar-refractivity contribution in [3.05, 3.63) is 35.9 Å². The van der Waals surface area contributed by atoms with E-state index in [-0.39, 0.29) is 6.04 Å². The monoisotopic (exact) mass is 256 g/mol. The second kappa shape index (κ2) is 4.08. The molecule has 0 amide bonds. The number of fused-ring (bicyclic) bond motifs is 1. The van der Waals surface area contributed by atoms with E-state index in [0.29, 0.717) is 5.95 Å². The van der Waals surface area contributed by atoms with E-state index < -0.39 is 0 Å². The molecular weight excluding hydrogens is 240 g/mol. The quantitative estimate of drug-likeness (QED) is 0.756. The molecule has 0 saturated heterocycles. The average molecular weight is 256 g/mol. The fourth-order valence-corrected chi connectivity index (χ4v) is 2.47. The SMILES string of the molecule is Cc1cccc2c1nc(N)n2C(C)c1nncn1C. The Morgan fingerprint density at radius 1 is 1.32 bits per heavy atom. The number of hydrogen-bond donors (Lipinski definition) is 1. The van der Waals surface area contributed by atoms with Crippen LogP contribution in [0.25, 0.3) is 11.0 Å². The lowest BCUT2D eigenvalue weighted by molar-refractivity contribution is 0.594. The molecule has 0 fully saturated rings. The first-order valence-electron chi connectivity index (χ1n) is 6.16. The van der Waals surface area contributed by atoms with Gasteiger partial charge in [-0.05, 0) is 25.5 Å². The highest BCUT2D eigenvalue weighted by Gasteiger charge is 2.19. The summed E-state index contributed by atoms with van der Waals surface area (Å²) >= 11 is 0. The van der Waals surface area contributed by atoms with Crippen LogP contribution in [0.4, 0.5) is 5.95 Å². The summed E-state index contributed by atoms with van der Waals surface area (Å²) in [5.41, 5.74) is 9.15. The minimum atomic E-state index is -0.0145. The van der Waals surface area contributed by atoms with Gasteiger partial charge in [-0.3, -0.25) is 4.57 Å². The minimum Gasteiger partial charge on any atom is -0.369 e. The Kier molecular flexibility index (Phi) is 2.51. The number of nitrogens with two attached hydrogens (primary N) is 1. The highest BCUT2D eigenvalue weighted by molar-refractivity contribution is 5.81. The van der Waals surface area contributed by atoms with E-state index in [4.69, 9.17) is 5.73 Å². The van der Waals surface area contributed by atoms with Gasteiger partial charge in [0.1, 0.15) is 6.33 Å². The van der Waals surface area contributed by atoms with Gasteiger partial charge in [0.2, 0.25) is 5.95 Å². The third-order valence-corrected chi connectivity index (χ3v) is 3.46. The van der Waals surface area contributed by atoms with Crippen molar-refractivity contribution in [2.45, 2.75) is 19.9 Å². The molecule has 1 unspecified atom stereocenters. The number of benzene rings is 1. The highest BCUT2D eigenvalue weighted by Crippen LogP contribution is 2.27. The molecule has 2 aromatic heterocycles. The minimum absolute atomic E-state index is 0.0145. The van der Waals surface area contributed by atoms with Crippen LogP contribution >= 0.6 is 0 Å². The fourth-order valence-electron chi connectivity index (χ4n) is 2.47. The van der Waals surface area contributed by atoms with Gasteiger partial charge in [0.15, 0.2) is 5.82 Å². The van der Waals surface area contributed by atoms with Crippen LogP contribution in [0, 0.1) is 6.92 Å². The van der Waals surface area contributed by atoms with Crippen LogP contribution in [0.15, 0.2) is 24.5 Å². The Morgan fingerprint density at radius 3 is 2.79 bits per heavy atom. The molecule has 1 atom stereocenters. The number of imidazole rings is 1. The predicted octanol–water partition coefficient (Wildman–Crippen LogP) is 1.66. The van der Waals surface area contributed by atoms with Crippen LogP contribution in [-0.2, 0) is 7.05 Å². The summed E-state index contributed by atoms with van der Waals surface area (Å²) in [6.07, 6.45) is 1.69. The lowest BCUT2D eigenvalue weighted by Crippen LogP contribution is -2.14. The lowest BCUT2D eigenvalue weighted by Gasteiger charge is -2.15. The van der Waals surface area contributed by atoms with Crippen molar-refractivity contribution in [3.63, 3.8) is 0 Å². The van der Waals surface area contributed by atoms with Crippen molar-refractivity contribution in [2.24, 2.45) is 7.05 Å². The second-order valence-corrected chi connectivity index (χ2v) is 4.76. The highest BCUT2D eigenvalue weighted by atomic mass is 15.3. The Balaban J connectivity index is 2.23. The molecule has 0 aliphatic heterocycles. The van der Waals surface area contributed by atoms with Crippen molar-refractivity contribution < 1.29 is 0 Å². The van der Waals surface area contributed by atoms with E-state index >= 15 is 0 Å². The van der Waals surface area contributed by atoms with E-state index in [1.54, 1.807) is 6.33 Å². The smallest absolute Gasteiger partial charge is 0.201 e. The zero-order valence-electron chi connectivity index (χ0n) is 11.2. The van der Waals surface area contributed by atoms with E-state index in [2.05, 4.69) is 15.2 Å². The summed E-state index contributed by atoms with van der Waals surface area (Å²) < 4.78 is 3.89. The van der Waals surface area contributed by atoms with Crippen LogP contribution in [0.1, 0.15) is 24.4 Å². The molecule has 0 saturated carbocycles. The Labute approximate surface area is 110 Å². The number of nitrogens with zero attached hydrogens (tertiary/aromatic N) is 5. The number of para-hydroxylation sites is 1. The molecule has 19 heavy (non-hydrogen) atoms. The largest absolute Gasteiger partial charge is 0.369 e. The van der Waals surface area contributed by atoms with Gasteiger partial charge in [0.25, 0.3) is 0 Å². The molecule has 0 aliphatic carbocycles. The standard InChI is InChI=1S/C13H16N6/c1-8-5-4-6-10-11(8)16-13(14)19(10)9(2)12-17-15-7-18(12)3/h4-7,9H,1-3H3,(H2,14,16). The van der Waals surface area contributed by atoms with Crippen molar-refractivity contribution >= 4 is 17.0 Å². The molecule has 0 spiro atoms. The van der Waals surface area contributed by atoms with Crippen LogP contribution < -0.4 is 5.73 Å². The maximum Gasteiger partial charge on any atom is 0.201 e. The van der Waals surface area contributed by atoms with Crippen molar-refractivity contribution in [3.8, 4) is 0 Å². The van der Waals surface area contributed by atoms with Crippen molar-refractivity contribution in [1.29, 1.82) is 0 Å². The summed E-state index contributed by atoms with van der Waals surface area (Å²) in [6.45, 7) is 4.08. The zero-order valence-corrected chi connectivity index (χ0v) is 11.2. The molecule has 3 rings (SSSR count). The third kappa shape index (κ3) is 1.68.